The molecular weight excluding hydrogens is 364 g/mol. The number of hydrogen-bond donors (Lipinski definition) is 1. The lowest BCUT2D eigenvalue weighted by Crippen LogP contribution is -2.26. The molecule has 2 aromatic carbocycles. The van der Waals surface area contributed by atoms with E-state index in [0.717, 1.165) is 42.8 Å². The van der Waals surface area contributed by atoms with E-state index in [4.69, 9.17) is 10.00 Å². The zero-order chi connectivity index (χ0) is 20.6. The Morgan fingerprint density at radius 3 is 2.72 bits per heavy atom. The lowest BCUT2D eigenvalue weighted by Gasteiger charge is -2.18. The molecule has 0 saturated heterocycles. The number of anilines is 1. The molecule has 6 heteroatoms. The van der Waals surface area contributed by atoms with E-state index < -0.39 is 0 Å². The molecule has 0 aliphatic heterocycles. The number of ether oxygens (including phenoxy) is 1. The van der Waals surface area contributed by atoms with Crippen LogP contribution >= 0.6 is 0 Å². The second-order valence-electron chi connectivity index (χ2n) is 6.75. The molecule has 1 N–H and O–H groups in total. The molecule has 6 nitrogen and oxygen atoms in total. The molecule has 29 heavy (non-hydrogen) atoms. The van der Waals surface area contributed by atoms with Crippen LogP contribution in [0.5, 0.6) is 5.75 Å². The van der Waals surface area contributed by atoms with Crippen LogP contribution in [0.1, 0.15) is 19.4 Å². The number of para-hydroxylation sites is 1. The Kier molecular flexibility index (Phi) is 6.88. The standard InChI is InChI=1S/C23H26N4O2/c1-3-26(4-2)13-14-27-12-11-18-15-20(9-10-21(18)27)25-23(28)17-29-22-8-6-5-7-19(22)16-24/h5-12,15H,3-4,13-14,17H2,1-2H3,(H,25,28). The lowest BCUT2D eigenvalue weighted by molar-refractivity contribution is -0.118. The molecule has 0 aliphatic rings. The van der Waals surface area contributed by atoms with Gasteiger partial charge < -0.3 is 19.5 Å². The van der Waals surface area contributed by atoms with Gasteiger partial charge in [-0.1, -0.05) is 26.0 Å². The number of rotatable bonds is 9. The fourth-order valence-corrected chi connectivity index (χ4v) is 3.29. The fraction of sp³-hybridized carbons (Fsp3) is 0.304. The summed E-state index contributed by atoms with van der Waals surface area (Å²) in [6, 6.07) is 16.9. The molecule has 3 rings (SSSR count). The zero-order valence-electron chi connectivity index (χ0n) is 16.9. The number of likely N-dealkylation sites (N-methyl/N-ethyl adjacent to an activating group) is 1. The molecule has 0 spiro atoms. The summed E-state index contributed by atoms with van der Waals surface area (Å²) in [6.45, 7) is 8.24. The van der Waals surface area contributed by atoms with E-state index in [-0.39, 0.29) is 12.5 Å². The smallest absolute Gasteiger partial charge is 0.262 e. The highest BCUT2D eigenvalue weighted by Crippen LogP contribution is 2.21. The highest BCUT2D eigenvalue weighted by atomic mass is 16.5. The second kappa shape index (κ2) is 9.76. The van der Waals surface area contributed by atoms with Gasteiger partial charge in [0.05, 0.1) is 5.56 Å². The van der Waals surface area contributed by atoms with E-state index in [2.05, 4.69) is 47.0 Å². The number of amides is 1. The average molecular weight is 390 g/mol. The van der Waals surface area contributed by atoms with Gasteiger partial charge in [0.2, 0.25) is 0 Å². The van der Waals surface area contributed by atoms with Crippen molar-refractivity contribution in [1.82, 2.24) is 9.47 Å². The molecule has 3 aromatic rings. The summed E-state index contributed by atoms with van der Waals surface area (Å²) in [5, 5.41) is 13.0. The topological polar surface area (TPSA) is 70.3 Å². The van der Waals surface area contributed by atoms with Crippen molar-refractivity contribution in [1.29, 1.82) is 5.26 Å². The maximum Gasteiger partial charge on any atom is 0.262 e. The van der Waals surface area contributed by atoms with Crippen molar-refractivity contribution in [3.05, 3.63) is 60.3 Å². The van der Waals surface area contributed by atoms with Crippen LogP contribution in [-0.4, -0.2) is 41.6 Å². The first-order chi connectivity index (χ1) is 14.1. The highest BCUT2D eigenvalue weighted by Gasteiger charge is 2.09. The largest absolute Gasteiger partial charge is 0.482 e. The minimum Gasteiger partial charge on any atom is -0.482 e. The molecule has 0 saturated carbocycles. The fourth-order valence-electron chi connectivity index (χ4n) is 3.29. The van der Waals surface area contributed by atoms with Crippen LogP contribution in [0.4, 0.5) is 5.69 Å². The van der Waals surface area contributed by atoms with Gasteiger partial charge >= 0.3 is 0 Å². The van der Waals surface area contributed by atoms with Crippen LogP contribution in [0.2, 0.25) is 0 Å². The summed E-state index contributed by atoms with van der Waals surface area (Å²) >= 11 is 0. The van der Waals surface area contributed by atoms with Gasteiger partial charge in [0.1, 0.15) is 11.8 Å². The minimum atomic E-state index is -0.266. The molecule has 1 amide bonds. The number of nitrogens with zero attached hydrogens (tertiary/aromatic N) is 3. The summed E-state index contributed by atoms with van der Waals surface area (Å²) in [6.07, 6.45) is 2.09. The van der Waals surface area contributed by atoms with Gasteiger partial charge in [-0.3, -0.25) is 4.79 Å². The highest BCUT2D eigenvalue weighted by molar-refractivity contribution is 5.94. The van der Waals surface area contributed by atoms with Crippen molar-refractivity contribution in [2.75, 3.05) is 31.6 Å². The van der Waals surface area contributed by atoms with Crippen molar-refractivity contribution >= 4 is 22.5 Å². The molecule has 0 atom stereocenters. The molecule has 0 unspecified atom stereocenters. The van der Waals surface area contributed by atoms with Crippen LogP contribution < -0.4 is 10.1 Å². The predicted molar refractivity (Wildman–Crippen MR) is 115 cm³/mol. The zero-order valence-corrected chi connectivity index (χ0v) is 16.9. The van der Waals surface area contributed by atoms with Gasteiger partial charge in [0, 0.05) is 35.9 Å². The number of fused-ring (bicyclic) bond motifs is 1. The van der Waals surface area contributed by atoms with E-state index in [1.807, 2.05) is 18.2 Å². The first-order valence-corrected chi connectivity index (χ1v) is 9.87. The summed E-state index contributed by atoms with van der Waals surface area (Å²) in [5.41, 5.74) is 2.28. The first-order valence-electron chi connectivity index (χ1n) is 9.87. The van der Waals surface area contributed by atoms with Crippen molar-refractivity contribution in [2.24, 2.45) is 0 Å². The van der Waals surface area contributed by atoms with Crippen LogP contribution in [0.3, 0.4) is 0 Å². The molecule has 150 valence electrons. The molecule has 0 aliphatic carbocycles. The summed E-state index contributed by atoms with van der Waals surface area (Å²) in [4.78, 5) is 14.6. The quantitative estimate of drug-likeness (QED) is 0.602. The summed E-state index contributed by atoms with van der Waals surface area (Å²) in [7, 11) is 0. The number of nitriles is 1. The Hall–Kier alpha value is -3.30. The van der Waals surface area contributed by atoms with Crippen LogP contribution in [0.25, 0.3) is 10.9 Å². The molecular formula is C23H26N4O2. The monoisotopic (exact) mass is 390 g/mol. The summed E-state index contributed by atoms with van der Waals surface area (Å²) in [5.74, 6) is 0.143. The number of carbonyl (C=O) groups is 1. The van der Waals surface area contributed by atoms with Gasteiger partial charge in [-0.05, 0) is 49.5 Å². The number of aromatic nitrogens is 1. The molecule has 1 aromatic heterocycles. The first kappa shape index (κ1) is 20.4. The molecule has 0 bridgehead atoms. The van der Waals surface area contributed by atoms with Crippen molar-refractivity contribution in [3.63, 3.8) is 0 Å². The number of nitrogens with one attached hydrogen (secondary N) is 1. The van der Waals surface area contributed by atoms with E-state index in [0.29, 0.717) is 11.3 Å². The average Bonchev–Trinajstić information content (AvgIpc) is 3.15. The van der Waals surface area contributed by atoms with E-state index in [1.54, 1.807) is 24.3 Å². The maximum atomic E-state index is 12.2. The third-order valence-electron chi connectivity index (χ3n) is 4.97. The van der Waals surface area contributed by atoms with Gasteiger partial charge in [0.15, 0.2) is 6.61 Å². The van der Waals surface area contributed by atoms with Crippen molar-refractivity contribution in [3.8, 4) is 11.8 Å². The van der Waals surface area contributed by atoms with Crippen molar-refractivity contribution in [2.45, 2.75) is 20.4 Å². The van der Waals surface area contributed by atoms with Gasteiger partial charge in [0.25, 0.3) is 5.91 Å². The van der Waals surface area contributed by atoms with E-state index in [9.17, 15) is 4.79 Å². The Labute approximate surface area is 171 Å². The number of carbonyl (C=O) groups excluding carboxylic acids is 1. The van der Waals surface area contributed by atoms with Gasteiger partial charge in [-0.2, -0.15) is 5.26 Å². The van der Waals surface area contributed by atoms with Crippen molar-refractivity contribution < 1.29 is 9.53 Å². The third-order valence-corrected chi connectivity index (χ3v) is 4.97. The van der Waals surface area contributed by atoms with Gasteiger partial charge in [-0.15, -0.1) is 0 Å². The van der Waals surface area contributed by atoms with E-state index in [1.165, 1.54) is 0 Å². The Bertz CT molecular complexity index is 1020. The van der Waals surface area contributed by atoms with Crippen LogP contribution in [-0.2, 0) is 11.3 Å². The number of hydrogen-bond acceptors (Lipinski definition) is 4. The summed E-state index contributed by atoms with van der Waals surface area (Å²) < 4.78 is 7.72. The second-order valence-corrected chi connectivity index (χ2v) is 6.75. The molecule has 0 radical (unpaired) electrons. The molecule has 1 heterocycles. The Balaban J connectivity index is 1.60. The molecule has 0 fully saturated rings. The lowest BCUT2D eigenvalue weighted by atomic mass is 10.2. The maximum absolute atomic E-state index is 12.2. The Morgan fingerprint density at radius 1 is 1.17 bits per heavy atom. The predicted octanol–water partition coefficient (Wildman–Crippen LogP) is 3.87. The minimum absolute atomic E-state index is 0.151. The normalized spacial score (nSPS) is 10.8. The van der Waals surface area contributed by atoms with E-state index >= 15 is 0 Å². The van der Waals surface area contributed by atoms with Crippen LogP contribution in [0, 0.1) is 11.3 Å². The third kappa shape index (κ3) is 5.15. The Morgan fingerprint density at radius 2 is 1.97 bits per heavy atom. The SMILES string of the molecule is CCN(CC)CCn1ccc2cc(NC(=O)COc3ccccc3C#N)ccc21. The van der Waals surface area contributed by atoms with Gasteiger partial charge in [-0.25, -0.2) is 0 Å². The van der Waals surface area contributed by atoms with Crippen LogP contribution in [0.15, 0.2) is 54.7 Å². The number of benzene rings is 2.